The molecule has 1 aliphatic carbocycles. The summed E-state index contributed by atoms with van der Waals surface area (Å²) >= 11 is 0. The molecule has 1 aliphatic heterocycles. The fourth-order valence-electron chi connectivity index (χ4n) is 3.54. The van der Waals surface area contributed by atoms with E-state index in [-0.39, 0.29) is 24.0 Å². The molecule has 1 saturated heterocycles. The average Bonchev–Trinajstić information content (AvgIpc) is 3.49. The molecule has 0 atom stereocenters. The number of nitrogens with one attached hydrogen (secondary N) is 1. The monoisotopic (exact) mass is 405 g/mol. The lowest BCUT2D eigenvalue weighted by Gasteiger charge is -2.34. The van der Waals surface area contributed by atoms with Crippen molar-refractivity contribution < 1.29 is 18.7 Å². The largest absolute Gasteiger partial charge is 0.444 e. The summed E-state index contributed by atoms with van der Waals surface area (Å²) in [5, 5.41) is 3.03. The van der Waals surface area contributed by atoms with Gasteiger partial charge >= 0.3 is 12.1 Å². The van der Waals surface area contributed by atoms with Gasteiger partial charge in [-0.15, -0.1) is 0 Å². The highest BCUT2D eigenvalue weighted by Crippen LogP contribution is 2.29. The first kappa shape index (κ1) is 21.4. The molecule has 7 heteroatoms. The number of carbonyl (C=O) groups excluding carboxylic acids is 2. The Balaban J connectivity index is 1.45. The molecule has 0 aromatic heterocycles. The van der Waals surface area contributed by atoms with E-state index in [0.717, 1.165) is 25.7 Å². The van der Waals surface area contributed by atoms with E-state index in [1.54, 1.807) is 28.0 Å². The minimum Gasteiger partial charge on any atom is -0.444 e. The summed E-state index contributed by atoms with van der Waals surface area (Å²) < 4.78 is 19.4. The zero-order valence-corrected chi connectivity index (χ0v) is 17.6. The van der Waals surface area contributed by atoms with Crippen LogP contribution in [0.4, 0.5) is 14.0 Å². The number of urea groups is 1. The third-order valence-corrected chi connectivity index (χ3v) is 5.36. The van der Waals surface area contributed by atoms with Gasteiger partial charge in [-0.3, -0.25) is 0 Å². The Hall–Kier alpha value is -2.31. The van der Waals surface area contributed by atoms with Crippen molar-refractivity contribution >= 4 is 12.1 Å². The van der Waals surface area contributed by atoms with Gasteiger partial charge in [-0.1, -0.05) is 18.2 Å². The number of rotatable bonds is 5. The Morgan fingerprint density at radius 1 is 1.17 bits per heavy atom. The Labute approximate surface area is 172 Å². The van der Waals surface area contributed by atoms with Gasteiger partial charge in [0.05, 0.1) is 6.54 Å². The lowest BCUT2D eigenvalue weighted by atomic mass is 9.97. The Morgan fingerprint density at radius 2 is 1.83 bits per heavy atom. The predicted molar refractivity (Wildman–Crippen MR) is 109 cm³/mol. The van der Waals surface area contributed by atoms with Crippen molar-refractivity contribution in [3.05, 3.63) is 35.6 Å². The summed E-state index contributed by atoms with van der Waals surface area (Å²) in [7, 11) is 0. The van der Waals surface area contributed by atoms with E-state index < -0.39 is 5.60 Å². The lowest BCUT2D eigenvalue weighted by molar-refractivity contribution is 0.0184. The molecule has 1 saturated carbocycles. The number of piperidine rings is 1. The zero-order chi connectivity index (χ0) is 21.0. The van der Waals surface area contributed by atoms with Gasteiger partial charge in [-0.2, -0.15) is 0 Å². The second kappa shape index (κ2) is 9.01. The maximum absolute atomic E-state index is 14.0. The maximum Gasteiger partial charge on any atom is 0.410 e. The molecule has 0 spiro atoms. The quantitative estimate of drug-likeness (QED) is 0.801. The highest BCUT2D eigenvalue weighted by molar-refractivity contribution is 5.75. The topological polar surface area (TPSA) is 61.9 Å². The molecule has 0 unspecified atom stereocenters. The van der Waals surface area contributed by atoms with Crippen LogP contribution < -0.4 is 5.32 Å². The molecular formula is C22H32FN3O3. The number of nitrogens with zero attached hydrogens (tertiary/aromatic N) is 2. The van der Waals surface area contributed by atoms with Crippen molar-refractivity contribution in [2.45, 2.75) is 64.6 Å². The van der Waals surface area contributed by atoms with E-state index in [4.69, 9.17) is 4.74 Å². The number of carbonyl (C=O) groups is 2. The van der Waals surface area contributed by atoms with Crippen LogP contribution in [-0.2, 0) is 11.3 Å². The van der Waals surface area contributed by atoms with Crippen LogP contribution >= 0.6 is 0 Å². The van der Waals surface area contributed by atoms with Crippen LogP contribution in [0.15, 0.2) is 24.3 Å². The average molecular weight is 406 g/mol. The number of hydrogen-bond acceptors (Lipinski definition) is 3. The van der Waals surface area contributed by atoms with Gasteiger partial charge in [0.15, 0.2) is 0 Å². The molecule has 0 radical (unpaired) electrons. The second-order valence-corrected chi connectivity index (χ2v) is 9.05. The molecule has 3 rings (SSSR count). The van der Waals surface area contributed by atoms with E-state index in [1.807, 2.05) is 20.8 Å². The molecule has 0 bridgehead atoms. The number of hydrogen-bond donors (Lipinski definition) is 1. The predicted octanol–water partition coefficient (Wildman–Crippen LogP) is 4.15. The maximum atomic E-state index is 14.0. The van der Waals surface area contributed by atoms with Crippen LogP contribution in [0.25, 0.3) is 0 Å². The molecule has 3 amide bonds. The van der Waals surface area contributed by atoms with Gasteiger partial charge in [-0.05, 0) is 58.4 Å². The van der Waals surface area contributed by atoms with Crippen molar-refractivity contribution in [2.24, 2.45) is 5.92 Å². The van der Waals surface area contributed by atoms with Gasteiger partial charge in [0.2, 0.25) is 0 Å². The number of benzene rings is 1. The fraction of sp³-hybridized carbons (Fsp3) is 0.636. The van der Waals surface area contributed by atoms with Crippen molar-refractivity contribution in [3.63, 3.8) is 0 Å². The van der Waals surface area contributed by atoms with Gasteiger partial charge in [0.25, 0.3) is 0 Å². The normalized spacial score (nSPS) is 17.7. The standard InChI is InChI=1S/C22H32FN3O3/c1-22(2,3)29-21(28)25-12-10-16(11-13-25)14-24-20(27)26(18-8-9-18)15-17-6-4-5-7-19(17)23/h4-7,16,18H,8-15H2,1-3H3,(H,24,27). The lowest BCUT2D eigenvalue weighted by Crippen LogP contribution is -2.46. The molecule has 1 N–H and O–H groups in total. The van der Waals surface area contributed by atoms with Gasteiger partial charge in [-0.25, -0.2) is 14.0 Å². The molecule has 160 valence electrons. The van der Waals surface area contributed by atoms with Crippen molar-refractivity contribution in [1.29, 1.82) is 0 Å². The Bertz CT molecular complexity index is 722. The Kier molecular flexibility index (Phi) is 6.65. The van der Waals surface area contributed by atoms with E-state index in [2.05, 4.69) is 5.32 Å². The third kappa shape index (κ3) is 6.34. The number of ether oxygens (including phenoxy) is 1. The van der Waals surface area contributed by atoms with Gasteiger partial charge < -0.3 is 19.9 Å². The van der Waals surface area contributed by atoms with Crippen molar-refractivity contribution in [3.8, 4) is 0 Å². The number of likely N-dealkylation sites (tertiary alicyclic amines) is 1. The molecule has 2 aliphatic rings. The summed E-state index contributed by atoms with van der Waals surface area (Å²) in [5.41, 5.74) is 0.0482. The zero-order valence-electron chi connectivity index (χ0n) is 17.6. The molecule has 1 aromatic carbocycles. The highest BCUT2D eigenvalue weighted by Gasteiger charge is 2.33. The summed E-state index contributed by atoms with van der Waals surface area (Å²) in [6, 6.07) is 6.67. The fourth-order valence-corrected chi connectivity index (χ4v) is 3.54. The van der Waals surface area contributed by atoms with E-state index >= 15 is 0 Å². The highest BCUT2D eigenvalue weighted by atomic mass is 19.1. The molecule has 29 heavy (non-hydrogen) atoms. The van der Waals surface area contributed by atoms with E-state index in [1.165, 1.54) is 6.07 Å². The van der Waals surface area contributed by atoms with Crippen LogP contribution in [0.3, 0.4) is 0 Å². The van der Waals surface area contributed by atoms with E-state index in [0.29, 0.717) is 37.7 Å². The first-order valence-corrected chi connectivity index (χ1v) is 10.5. The number of halogens is 1. The minimum atomic E-state index is -0.494. The SMILES string of the molecule is CC(C)(C)OC(=O)N1CCC(CNC(=O)N(Cc2ccccc2F)C2CC2)CC1. The third-order valence-electron chi connectivity index (χ3n) is 5.36. The number of amides is 3. The molecule has 1 heterocycles. The van der Waals surface area contributed by atoms with Gasteiger partial charge in [0.1, 0.15) is 11.4 Å². The molecule has 2 fully saturated rings. The van der Waals surface area contributed by atoms with Crippen LogP contribution in [0.2, 0.25) is 0 Å². The molecule has 1 aromatic rings. The first-order valence-electron chi connectivity index (χ1n) is 10.5. The second-order valence-electron chi connectivity index (χ2n) is 9.05. The summed E-state index contributed by atoms with van der Waals surface area (Å²) in [4.78, 5) is 28.4. The van der Waals surface area contributed by atoms with Crippen LogP contribution in [0, 0.1) is 11.7 Å². The van der Waals surface area contributed by atoms with Crippen LogP contribution in [-0.4, -0.2) is 53.2 Å². The first-order chi connectivity index (χ1) is 13.7. The van der Waals surface area contributed by atoms with Crippen LogP contribution in [0.1, 0.15) is 52.0 Å². The molecular weight excluding hydrogens is 373 g/mol. The molecule has 6 nitrogen and oxygen atoms in total. The summed E-state index contributed by atoms with van der Waals surface area (Å²) in [6.07, 6.45) is 3.32. The van der Waals surface area contributed by atoms with Crippen molar-refractivity contribution in [1.82, 2.24) is 15.1 Å². The van der Waals surface area contributed by atoms with E-state index in [9.17, 15) is 14.0 Å². The smallest absolute Gasteiger partial charge is 0.410 e. The minimum absolute atomic E-state index is 0.134. The van der Waals surface area contributed by atoms with Crippen molar-refractivity contribution in [2.75, 3.05) is 19.6 Å². The van der Waals surface area contributed by atoms with Crippen LogP contribution in [0.5, 0.6) is 0 Å². The Morgan fingerprint density at radius 3 is 2.41 bits per heavy atom. The summed E-state index contributed by atoms with van der Waals surface area (Å²) in [6.45, 7) is 7.72. The summed E-state index contributed by atoms with van der Waals surface area (Å²) in [5.74, 6) is 0.0487. The van der Waals surface area contributed by atoms with Gasteiger partial charge in [0, 0.05) is 31.2 Å².